The molecule has 0 fully saturated rings. The van der Waals surface area contributed by atoms with Gasteiger partial charge in [-0.25, -0.2) is 0 Å². The van der Waals surface area contributed by atoms with E-state index in [2.05, 4.69) is 31.8 Å². The van der Waals surface area contributed by atoms with E-state index >= 15 is 0 Å². The molecule has 0 aliphatic carbocycles. The minimum Gasteiger partial charge on any atom is -0.461 e. The Morgan fingerprint density at radius 1 is 1.05 bits per heavy atom. The molecule has 0 aliphatic rings. The molecular weight excluding hydrogens is 286 g/mol. The van der Waals surface area contributed by atoms with Crippen molar-refractivity contribution in [3.8, 4) is 6.01 Å². The molecule has 21 heavy (non-hydrogen) atoms. The Hall–Kier alpha value is -1.24. The first-order valence-electron chi connectivity index (χ1n) is 7.49. The fourth-order valence-electron chi connectivity index (χ4n) is 1.74. The zero-order chi connectivity index (χ0) is 15.5. The van der Waals surface area contributed by atoms with Crippen molar-refractivity contribution in [2.45, 2.75) is 45.6 Å². The Morgan fingerprint density at radius 3 is 2.43 bits per heavy atom. The Bertz CT molecular complexity index is 403. The van der Waals surface area contributed by atoms with E-state index in [0.717, 1.165) is 13.0 Å². The predicted molar refractivity (Wildman–Crippen MR) is 90.5 cm³/mol. The summed E-state index contributed by atoms with van der Waals surface area (Å²) in [7, 11) is 1.78. The van der Waals surface area contributed by atoms with Gasteiger partial charge in [-0.2, -0.15) is 26.7 Å². The van der Waals surface area contributed by atoms with E-state index in [4.69, 9.17) is 4.74 Å². The molecule has 0 saturated carbocycles. The van der Waals surface area contributed by atoms with E-state index < -0.39 is 0 Å². The summed E-state index contributed by atoms with van der Waals surface area (Å²) < 4.78 is 5.52. The van der Waals surface area contributed by atoms with Crippen LogP contribution in [-0.2, 0) is 0 Å². The van der Waals surface area contributed by atoms with Crippen LogP contribution in [-0.4, -0.2) is 46.7 Å². The fraction of sp³-hybridized carbons (Fsp3) is 0.786. The number of rotatable bonds is 11. The number of aromatic nitrogens is 3. The molecule has 1 aromatic rings. The summed E-state index contributed by atoms with van der Waals surface area (Å²) in [5.41, 5.74) is 0. The molecule has 0 atom stereocenters. The number of nitrogens with zero attached hydrogens (tertiary/aromatic N) is 3. The highest BCUT2D eigenvalue weighted by atomic mass is 32.2. The van der Waals surface area contributed by atoms with Gasteiger partial charge in [-0.05, 0) is 38.7 Å². The lowest BCUT2D eigenvalue weighted by Crippen LogP contribution is -2.13. The first-order valence-corrected chi connectivity index (χ1v) is 8.88. The molecule has 0 bridgehead atoms. The van der Waals surface area contributed by atoms with E-state index in [1.165, 1.54) is 25.0 Å². The average Bonchev–Trinajstić information content (AvgIpc) is 2.45. The molecule has 7 heteroatoms. The van der Waals surface area contributed by atoms with Crippen molar-refractivity contribution in [1.29, 1.82) is 0 Å². The van der Waals surface area contributed by atoms with Gasteiger partial charge in [-0.15, -0.1) is 0 Å². The van der Waals surface area contributed by atoms with E-state index in [-0.39, 0.29) is 6.10 Å². The Labute approximate surface area is 131 Å². The van der Waals surface area contributed by atoms with Crippen LogP contribution in [0.2, 0.25) is 0 Å². The number of anilines is 2. The van der Waals surface area contributed by atoms with E-state index in [0.29, 0.717) is 17.9 Å². The summed E-state index contributed by atoms with van der Waals surface area (Å²) in [5, 5.41) is 6.16. The molecule has 2 N–H and O–H groups in total. The molecule has 6 nitrogen and oxygen atoms in total. The summed E-state index contributed by atoms with van der Waals surface area (Å²) >= 11 is 1.91. The van der Waals surface area contributed by atoms with Crippen LogP contribution in [0.3, 0.4) is 0 Å². The highest BCUT2D eigenvalue weighted by Crippen LogP contribution is 2.12. The van der Waals surface area contributed by atoms with Crippen LogP contribution < -0.4 is 15.4 Å². The monoisotopic (exact) mass is 313 g/mol. The second-order valence-electron chi connectivity index (χ2n) is 5.02. The van der Waals surface area contributed by atoms with Gasteiger partial charge >= 0.3 is 6.01 Å². The number of hydrogen-bond donors (Lipinski definition) is 2. The number of ether oxygens (including phenoxy) is 1. The molecule has 0 saturated heterocycles. The highest BCUT2D eigenvalue weighted by Gasteiger charge is 2.07. The van der Waals surface area contributed by atoms with Crippen LogP contribution >= 0.6 is 11.8 Å². The number of nitrogens with one attached hydrogen (secondary N) is 2. The van der Waals surface area contributed by atoms with Gasteiger partial charge in [0.25, 0.3) is 0 Å². The summed E-state index contributed by atoms with van der Waals surface area (Å²) in [6.07, 6.45) is 7.12. The van der Waals surface area contributed by atoms with Crippen LogP contribution in [0.15, 0.2) is 0 Å². The smallest absolute Gasteiger partial charge is 0.323 e. The van der Waals surface area contributed by atoms with Gasteiger partial charge in [0.1, 0.15) is 0 Å². The molecule has 0 aromatic carbocycles. The van der Waals surface area contributed by atoms with Crippen LogP contribution in [0.5, 0.6) is 6.01 Å². The molecule has 0 aliphatic heterocycles. The van der Waals surface area contributed by atoms with Gasteiger partial charge < -0.3 is 15.4 Å². The predicted octanol–water partition coefficient (Wildman–Crippen LogP) is 3.04. The summed E-state index contributed by atoms with van der Waals surface area (Å²) in [6, 6.07) is 0.354. The first kappa shape index (κ1) is 17.8. The summed E-state index contributed by atoms with van der Waals surface area (Å²) in [6.45, 7) is 4.77. The molecule has 1 aromatic heterocycles. The summed E-state index contributed by atoms with van der Waals surface area (Å²) in [4.78, 5) is 12.7. The van der Waals surface area contributed by atoms with E-state index in [1.54, 1.807) is 7.05 Å². The Morgan fingerprint density at radius 2 is 1.76 bits per heavy atom. The van der Waals surface area contributed by atoms with Crippen LogP contribution in [0.25, 0.3) is 0 Å². The fourth-order valence-corrected chi connectivity index (χ4v) is 2.23. The quantitative estimate of drug-likeness (QED) is 0.608. The molecule has 0 unspecified atom stereocenters. The average molecular weight is 313 g/mol. The van der Waals surface area contributed by atoms with Gasteiger partial charge in [-0.1, -0.05) is 12.8 Å². The lowest BCUT2D eigenvalue weighted by atomic mass is 10.2. The SMILES string of the molecule is CNc1nc(NCCCCCCSC)nc(OC(C)C)n1. The summed E-state index contributed by atoms with van der Waals surface area (Å²) in [5.74, 6) is 2.33. The first-order chi connectivity index (χ1) is 10.2. The number of unbranched alkanes of at least 4 members (excludes halogenated alkanes) is 3. The zero-order valence-corrected chi connectivity index (χ0v) is 14.3. The van der Waals surface area contributed by atoms with Crippen LogP contribution in [0.1, 0.15) is 39.5 Å². The molecule has 120 valence electrons. The molecule has 0 radical (unpaired) electrons. The van der Waals surface area contributed by atoms with Crippen molar-refractivity contribution >= 4 is 23.7 Å². The van der Waals surface area contributed by atoms with Gasteiger partial charge in [-0.3, -0.25) is 0 Å². The third-order valence-electron chi connectivity index (χ3n) is 2.74. The van der Waals surface area contributed by atoms with Crippen molar-refractivity contribution in [2.75, 3.05) is 36.2 Å². The van der Waals surface area contributed by atoms with E-state index in [1.807, 2.05) is 25.6 Å². The molecule has 1 heterocycles. The third kappa shape index (κ3) is 7.94. The largest absolute Gasteiger partial charge is 0.461 e. The maximum absolute atomic E-state index is 5.52. The van der Waals surface area contributed by atoms with E-state index in [9.17, 15) is 0 Å². The van der Waals surface area contributed by atoms with Gasteiger partial charge in [0, 0.05) is 13.6 Å². The minimum atomic E-state index is 0.0430. The topological polar surface area (TPSA) is 72.0 Å². The van der Waals surface area contributed by atoms with Crippen molar-refractivity contribution in [3.05, 3.63) is 0 Å². The number of thioether (sulfide) groups is 1. The lowest BCUT2D eigenvalue weighted by molar-refractivity contribution is 0.222. The standard InChI is InChI=1S/C14H27N5OS/c1-11(2)20-14-18-12(15-3)17-13(19-14)16-9-7-5-6-8-10-21-4/h11H,5-10H2,1-4H3,(H2,15,16,17,18,19). The zero-order valence-electron chi connectivity index (χ0n) is 13.5. The van der Waals surface area contributed by atoms with Gasteiger partial charge in [0.15, 0.2) is 0 Å². The molecule has 0 amide bonds. The number of hydrogen-bond acceptors (Lipinski definition) is 7. The van der Waals surface area contributed by atoms with Gasteiger partial charge in [0.2, 0.25) is 11.9 Å². The maximum Gasteiger partial charge on any atom is 0.323 e. The Kier molecular flexibility index (Phi) is 8.89. The molecule has 1 rings (SSSR count). The Balaban J connectivity index is 2.39. The minimum absolute atomic E-state index is 0.0430. The third-order valence-corrected chi connectivity index (χ3v) is 3.43. The van der Waals surface area contributed by atoms with Crippen LogP contribution in [0.4, 0.5) is 11.9 Å². The normalized spacial score (nSPS) is 10.7. The van der Waals surface area contributed by atoms with Crippen molar-refractivity contribution < 1.29 is 4.74 Å². The van der Waals surface area contributed by atoms with Crippen molar-refractivity contribution in [3.63, 3.8) is 0 Å². The molecule has 0 spiro atoms. The lowest BCUT2D eigenvalue weighted by Gasteiger charge is -2.11. The van der Waals surface area contributed by atoms with Crippen molar-refractivity contribution in [2.24, 2.45) is 0 Å². The second-order valence-corrected chi connectivity index (χ2v) is 6.00. The van der Waals surface area contributed by atoms with Crippen LogP contribution in [0, 0.1) is 0 Å². The molecular formula is C14H27N5OS. The highest BCUT2D eigenvalue weighted by molar-refractivity contribution is 7.98. The second kappa shape index (κ2) is 10.5. The van der Waals surface area contributed by atoms with Gasteiger partial charge in [0.05, 0.1) is 6.10 Å². The van der Waals surface area contributed by atoms with Crippen molar-refractivity contribution in [1.82, 2.24) is 15.0 Å². The maximum atomic E-state index is 5.52.